The van der Waals surface area contributed by atoms with Crippen molar-refractivity contribution < 1.29 is 19.0 Å². The van der Waals surface area contributed by atoms with Gasteiger partial charge in [0.05, 0.1) is 6.61 Å². The quantitative estimate of drug-likeness (QED) is 0.0375. The molecule has 0 amide bonds. The molecule has 0 N–H and O–H groups in total. The third kappa shape index (κ3) is 34.7. The lowest BCUT2D eigenvalue weighted by Crippen LogP contribution is -2.25. The molecule has 0 aromatic carbocycles. The molecule has 5 heteroatoms. The van der Waals surface area contributed by atoms with Gasteiger partial charge in [-0.05, 0) is 71.0 Å². The van der Waals surface area contributed by atoms with Gasteiger partial charge < -0.3 is 19.1 Å². The van der Waals surface area contributed by atoms with Gasteiger partial charge in [0.25, 0.3) is 0 Å². The van der Waals surface area contributed by atoms with Crippen molar-refractivity contribution in [3.63, 3.8) is 0 Å². The van der Waals surface area contributed by atoms with Crippen molar-refractivity contribution in [2.45, 2.75) is 220 Å². The molecule has 0 aliphatic carbocycles. The molecular weight excluding hydrogens is 570 g/mol. The minimum atomic E-state index is 0.00136. The Morgan fingerprint density at radius 1 is 0.457 bits per heavy atom. The van der Waals surface area contributed by atoms with Crippen molar-refractivity contribution in [2.75, 3.05) is 39.5 Å². The van der Waals surface area contributed by atoms with E-state index in [0.717, 1.165) is 45.4 Å². The second-order valence-corrected chi connectivity index (χ2v) is 13.8. The van der Waals surface area contributed by atoms with Crippen molar-refractivity contribution in [1.82, 2.24) is 4.90 Å². The Balaban J connectivity index is 3.79. The molecule has 0 bridgehead atoms. The Kier molecular flexibility index (Phi) is 38.2. The fourth-order valence-electron chi connectivity index (χ4n) is 6.11. The van der Waals surface area contributed by atoms with Crippen molar-refractivity contribution in [3.8, 4) is 0 Å². The summed E-state index contributed by atoms with van der Waals surface area (Å²) in [5, 5.41) is 0. The van der Waals surface area contributed by atoms with E-state index in [2.05, 4.69) is 32.6 Å². The first-order chi connectivity index (χ1) is 22.7. The van der Waals surface area contributed by atoms with Crippen molar-refractivity contribution in [2.24, 2.45) is 0 Å². The van der Waals surface area contributed by atoms with E-state index in [0.29, 0.717) is 13.0 Å². The van der Waals surface area contributed by atoms with Crippen LogP contribution in [0.15, 0.2) is 0 Å². The van der Waals surface area contributed by atoms with Crippen LogP contribution in [0.25, 0.3) is 0 Å². The molecule has 0 atom stereocenters. The highest BCUT2D eigenvalue weighted by molar-refractivity contribution is 5.69. The van der Waals surface area contributed by atoms with Crippen LogP contribution in [0.2, 0.25) is 0 Å². The zero-order valence-electron chi connectivity index (χ0n) is 31.9. The Hall–Kier alpha value is -0.650. The van der Waals surface area contributed by atoms with Crippen molar-refractivity contribution in [1.29, 1.82) is 0 Å². The molecule has 0 radical (unpaired) electrons. The van der Waals surface area contributed by atoms with Crippen molar-refractivity contribution >= 4 is 5.97 Å². The molecule has 0 unspecified atom stereocenters. The molecule has 0 aromatic rings. The number of ether oxygens (including phenoxy) is 3. The topological polar surface area (TPSA) is 48.0 Å². The SMILES string of the molecule is CCCCCCCCCOC(=O)CCCCCCCN(CC)CCCCCCCC(OCCCCCCC)OCCCCCCC. The smallest absolute Gasteiger partial charge is 0.305 e. The maximum Gasteiger partial charge on any atom is 0.305 e. The fourth-order valence-corrected chi connectivity index (χ4v) is 6.11. The maximum absolute atomic E-state index is 12.0. The first-order valence-electron chi connectivity index (χ1n) is 20.8. The van der Waals surface area contributed by atoms with E-state index in [-0.39, 0.29) is 12.3 Å². The maximum atomic E-state index is 12.0. The first-order valence-corrected chi connectivity index (χ1v) is 20.8. The van der Waals surface area contributed by atoms with Crippen LogP contribution >= 0.6 is 0 Å². The molecule has 276 valence electrons. The van der Waals surface area contributed by atoms with E-state index in [1.165, 1.54) is 167 Å². The first kappa shape index (κ1) is 45.3. The lowest BCUT2D eigenvalue weighted by molar-refractivity contribution is -0.148. The molecule has 0 aliphatic heterocycles. The average molecular weight is 654 g/mol. The number of unbranched alkanes of at least 4 members (excludes halogenated alkanes) is 22. The lowest BCUT2D eigenvalue weighted by atomic mass is 10.1. The Morgan fingerprint density at radius 2 is 0.848 bits per heavy atom. The van der Waals surface area contributed by atoms with Crippen LogP contribution in [0, 0.1) is 0 Å². The predicted molar refractivity (Wildman–Crippen MR) is 200 cm³/mol. The van der Waals surface area contributed by atoms with E-state index >= 15 is 0 Å². The number of rotatable bonds is 39. The lowest BCUT2D eigenvalue weighted by Gasteiger charge is -2.20. The molecule has 0 heterocycles. The van der Waals surface area contributed by atoms with Crippen molar-refractivity contribution in [3.05, 3.63) is 0 Å². The van der Waals surface area contributed by atoms with Crippen LogP contribution in [0.4, 0.5) is 0 Å². The highest BCUT2D eigenvalue weighted by atomic mass is 16.7. The van der Waals surface area contributed by atoms with Gasteiger partial charge in [-0.25, -0.2) is 0 Å². The molecule has 5 nitrogen and oxygen atoms in total. The normalized spacial score (nSPS) is 11.7. The fraction of sp³-hybridized carbons (Fsp3) is 0.976. The van der Waals surface area contributed by atoms with Gasteiger partial charge in [-0.3, -0.25) is 4.79 Å². The van der Waals surface area contributed by atoms with Crippen LogP contribution in [-0.2, 0) is 19.0 Å². The molecule has 0 fully saturated rings. The molecule has 0 aliphatic rings. The summed E-state index contributed by atoms with van der Waals surface area (Å²) >= 11 is 0. The zero-order chi connectivity index (χ0) is 33.6. The Bertz CT molecular complexity index is 571. The molecule has 0 spiro atoms. The van der Waals surface area contributed by atoms with Gasteiger partial charge in [-0.1, -0.05) is 156 Å². The summed E-state index contributed by atoms with van der Waals surface area (Å²) in [6, 6.07) is 0. The highest BCUT2D eigenvalue weighted by Crippen LogP contribution is 2.15. The van der Waals surface area contributed by atoms with Crippen LogP contribution in [0.1, 0.15) is 214 Å². The molecule has 46 heavy (non-hydrogen) atoms. The zero-order valence-corrected chi connectivity index (χ0v) is 31.9. The number of hydrogen-bond donors (Lipinski definition) is 0. The minimum absolute atomic E-state index is 0.00136. The van der Waals surface area contributed by atoms with E-state index in [1.807, 2.05) is 0 Å². The van der Waals surface area contributed by atoms with Crippen LogP contribution < -0.4 is 0 Å². The summed E-state index contributed by atoms with van der Waals surface area (Å²) in [5.74, 6) is 0.00552. The summed E-state index contributed by atoms with van der Waals surface area (Å²) in [4.78, 5) is 14.6. The molecule has 0 aromatic heterocycles. The summed E-state index contributed by atoms with van der Waals surface area (Å²) in [6.45, 7) is 15.0. The monoisotopic (exact) mass is 654 g/mol. The van der Waals surface area contributed by atoms with E-state index in [9.17, 15) is 4.79 Å². The van der Waals surface area contributed by atoms with Crippen LogP contribution in [0.3, 0.4) is 0 Å². The average Bonchev–Trinajstić information content (AvgIpc) is 3.06. The summed E-state index contributed by atoms with van der Waals surface area (Å²) in [7, 11) is 0. The standard InChI is InChI=1S/C41H83NO4/c1-5-9-12-15-16-25-30-37-44-40(43)33-26-19-17-21-28-35-42(8-4)36-29-22-18-20-27-34-41(45-38-31-23-13-10-6-2)46-39-32-24-14-11-7-3/h41H,5-39H2,1-4H3. The largest absolute Gasteiger partial charge is 0.466 e. The summed E-state index contributed by atoms with van der Waals surface area (Å²) in [5.41, 5.74) is 0. The third-order valence-electron chi connectivity index (χ3n) is 9.33. The molecule has 0 rings (SSSR count). The second-order valence-electron chi connectivity index (χ2n) is 13.8. The molecule has 0 saturated heterocycles. The number of hydrogen-bond acceptors (Lipinski definition) is 5. The van der Waals surface area contributed by atoms with E-state index in [4.69, 9.17) is 14.2 Å². The molecular formula is C41H83NO4. The van der Waals surface area contributed by atoms with Crippen LogP contribution in [0.5, 0.6) is 0 Å². The van der Waals surface area contributed by atoms with Gasteiger partial charge in [0.15, 0.2) is 6.29 Å². The number of esters is 1. The van der Waals surface area contributed by atoms with Gasteiger partial charge in [0.1, 0.15) is 0 Å². The number of carbonyl (C=O) groups is 1. The summed E-state index contributed by atoms with van der Waals surface area (Å²) < 4.78 is 17.8. The van der Waals surface area contributed by atoms with Gasteiger partial charge in [0, 0.05) is 19.6 Å². The summed E-state index contributed by atoms with van der Waals surface area (Å²) in [6.07, 6.45) is 35.6. The van der Waals surface area contributed by atoms with Gasteiger partial charge in [0.2, 0.25) is 0 Å². The molecule has 0 saturated carbocycles. The van der Waals surface area contributed by atoms with E-state index in [1.54, 1.807) is 0 Å². The number of nitrogens with zero attached hydrogens (tertiary/aromatic N) is 1. The van der Waals surface area contributed by atoms with Crippen LogP contribution in [-0.4, -0.2) is 56.6 Å². The van der Waals surface area contributed by atoms with E-state index < -0.39 is 0 Å². The Labute approximate surface area is 289 Å². The highest BCUT2D eigenvalue weighted by Gasteiger charge is 2.10. The number of carbonyl (C=O) groups excluding carboxylic acids is 1. The third-order valence-corrected chi connectivity index (χ3v) is 9.33. The van der Waals surface area contributed by atoms with Gasteiger partial charge in [-0.15, -0.1) is 0 Å². The van der Waals surface area contributed by atoms with Gasteiger partial charge in [-0.2, -0.15) is 0 Å². The van der Waals surface area contributed by atoms with Gasteiger partial charge >= 0.3 is 5.97 Å². The Morgan fingerprint density at radius 3 is 1.33 bits per heavy atom. The predicted octanol–water partition coefficient (Wildman–Crippen LogP) is 12.6. The second kappa shape index (κ2) is 38.8. The minimum Gasteiger partial charge on any atom is -0.466 e.